The molecular formula is C12H18N2O. The summed E-state index contributed by atoms with van der Waals surface area (Å²) in [6.07, 6.45) is 1.07. The molecule has 1 aromatic rings. The van der Waals surface area contributed by atoms with Gasteiger partial charge in [0.05, 0.1) is 12.8 Å². The maximum Gasteiger partial charge on any atom is 0.142 e. The van der Waals surface area contributed by atoms with Gasteiger partial charge in [0, 0.05) is 19.1 Å². The first-order chi connectivity index (χ1) is 7.20. The van der Waals surface area contributed by atoms with Gasteiger partial charge in [-0.15, -0.1) is 0 Å². The molecule has 1 aliphatic heterocycles. The molecule has 2 rings (SSSR count). The number of rotatable bonds is 2. The van der Waals surface area contributed by atoms with Gasteiger partial charge in [0.25, 0.3) is 0 Å². The van der Waals surface area contributed by atoms with E-state index in [-0.39, 0.29) is 0 Å². The van der Waals surface area contributed by atoms with E-state index in [1.54, 1.807) is 7.11 Å². The zero-order chi connectivity index (χ0) is 10.8. The van der Waals surface area contributed by atoms with Gasteiger partial charge in [-0.25, -0.2) is 0 Å². The molecule has 3 nitrogen and oxygen atoms in total. The third kappa shape index (κ3) is 2.07. The summed E-state index contributed by atoms with van der Waals surface area (Å²) in [5.74, 6) is 0.940. The Kier molecular flexibility index (Phi) is 2.82. The first-order valence-electron chi connectivity index (χ1n) is 5.36. The number of ether oxygens (including phenoxy) is 1. The molecule has 0 aromatic heterocycles. The van der Waals surface area contributed by atoms with Gasteiger partial charge in [0.1, 0.15) is 5.75 Å². The van der Waals surface area contributed by atoms with E-state index in [9.17, 15) is 0 Å². The van der Waals surface area contributed by atoms with Gasteiger partial charge in [-0.05, 0) is 31.0 Å². The highest BCUT2D eigenvalue weighted by molar-refractivity contribution is 5.60. The number of hydrogen-bond donors (Lipinski definition) is 1. The standard InChI is InChI=1S/C12H18N2O/c1-9-3-4-12(15-2)11(7-9)14-6-5-10(13)8-14/h3-4,7,10H,5-6,8,13H2,1-2H3. The van der Waals surface area contributed by atoms with Crippen LogP contribution in [-0.4, -0.2) is 26.2 Å². The quantitative estimate of drug-likeness (QED) is 0.797. The highest BCUT2D eigenvalue weighted by atomic mass is 16.5. The minimum atomic E-state index is 0.301. The van der Waals surface area contributed by atoms with Crippen molar-refractivity contribution in [2.75, 3.05) is 25.1 Å². The van der Waals surface area contributed by atoms with Gasteiger partial charge in [-0.2, -0.15) is 0 Å². The van der Waals surface area contributed by atoms with Crippen LogP contribution in [0.25, 0.3) is 0 Å². The maximum absolute atomic E-state index is 5.91. The molecule has 1 atom stereocenters. The first kappa shape index (κ1) is 10.3. The van der Waals surface area contributed by atoms with Gasteiger partial charge in [0.15, 0.2) is 0 Å². The lowest BCUT2D eigenvalue weighted by molar-refractivity contribution is 0.414. The Bertz CT molecular complexity index is 351. The van der Waals surface area contributed by atoms with Crippen molar-refractivity contribution in [3.8, 4) is 5.75 Å². The van der Waals surface area contributed by atoms with Gasteiger partial charge in [-0.3, -0.25) is 0 Å². The van der Waals surface area contributed by atoms with Gasteiger partial charge in [0.2, 0.25) is 0 Å². The summed E-state index contributed by atoms with van der Waals surface area (Å²) in [6.45, 7) is 4.06. The van der Waals surface area contributed by atoms with Gasteiger partial charge >= 0.3 is 0 Å². The molecule has 3 heteroatoms. The lowest BCUT2D eigenvalue weighted by Gasteiger charge is -2.21. The second-order valence-corrected chi connectivity index (χ2v) is 4.17. The van der Waals surface area contributed by atoms with E-state index in [0.717, 1.165) is 25.3 Å². The average molecular weight is 206 g/mol. The van der Waals surface area contributed by atoms with E-state index in [0.29, 0.717) is 6.04 Å². The van der Waals surface area contributed by atoms with E-state index in [4.69, 9.17) is 10.5 Å². The molecule has 15 heavy (non-hydrogen) atoms. The molecule has 0 amide bonds. The predicted molar refractivity (Wildman–Crippen MR) is 62.5 cm³/mol. The number of anilines is 1. The Balaban J connectivity index is 2.29. The van der Waals surface area contributed by atoms with Crippen LogP contribution in [0.3, 0.4) is 0 Å². The summed E-state index contributed by atoms with van der Waals surface area (Å²) in [4.78, 5) is 2.30. The molecule has 0 spiro atoms. The fourth-order valence-corrected chi connectivity index (χ4v) is 2.05. The van der Waals surface area contributed by atoms with Crippen molar-refractivity contribution in [2.45, 2.75) is 19.4 Å². The smallest absolute Gasteiger partial charge is 0.142 e. The third-order valence-corrected chi connectivity index (χ3v) is 2.90. The SMILES string of the molecule is COc1ccc(C)cc1N1CCC(N)C1. The Morgan fingerprint density at radius 2 is 2.27 bits per heavy atom. The monoisotopic (exact) mass is 206 g/mol. The minimum Gasteiger partial charge on any atom is -0.495 e. The number of hydrogen-bond acceptors (Lipinski definition) is 3. The van der Waals surface area contributed by atoms with Crippen LogP contribution in [0.4, 0.5) is 5.69 Å². The van der Waals surface area contributed by atoms with Gasteiger partial charge < -0.3 is 15.4 Å². The Labute approximate surface area is 90.8 Å². The zero-order valence-corrected chi connectivity index (χ0v) is 9.36. The lowest BCUT2D eigenvalue weighted by atomic mass is 10.2. The predicted octanol–water partition coefficient (Wildman–Crippen LogP) is 1.54. The van der Waals surface area contributed by atoms with E-state index in [2.05, 4.69) is 24.0 Å². The number of nitrogens with zero attached hydrogens (tertiary/aromatic N) is 1. The zero-order valence-electron chi connectivity index (χ0n) is 9.36. The van der Waals surface area contributed by atoms with Gasteiger partial charge in [-0.1, -0.05) is 6.07 Å². The molecule has 0 saturated carbocycles. The van der Waals surface area contributed by atoms with E-state index < -0.39 is 0 Å². The van der Waals surface area contributed by atoms with Crippen molar-refractivity contribution in [2.24, 2.45) is 5.73 Å². The van der Waals surface area contributed by atoms with Crippen LogP contribution in [0.1, 0.15) is 12.0 Å². The number of benzene rings is 1. The molecule has 2 N–H and O–H groups in total. The lowest BCUT2D eigenvalue weighted by Crippen LogP contribution is -2.26. The summed E-state index contributed by atoms with van der Waals surface area (Å²) in [6, 6.07) is 6.55. The van der Waals surface area contributed by atoms with Crippen LogP contribution in [-0.2, 0) is 0 Å². The second-order valence-electron chi connectivity index (χ2n) is 4.17. The van der Waals surface area contributed by atoms with Crippen LogP contribution in [0.2, 0.25) is 0 Å². The summed E-state index contributed by atoms with van der Waals surface area (Å²) in [7, 11) is 1.71. The van der Waals surface area contributed by atoms with Crippen LogP contribution < -0.4 is 15.4 Å². The van der Waals surface area contributed by atoms with Crippen molar-refractivity contribution in [1.29, 1.82) is 0 Å². The molecule has 82 valence electrons. The summed E-state index contributed by atoms with van der Waals surface area (Å²) < 4.78 is 5.37. The number of aryl methyl sites for hydroxylation is 1. The highest BCUT2D eigenvalue weighted by Crippen LogP contribution is 2.31. The molecular weight excluding hydrogens is 188 g/mol. The number of nitrogens with two attached hydrogens (primary N) is 1. The normalized spacial score (nSPS) is 20.7. The molecule has 0 bridgehead atoms. The molecule has 1 aliphatic rings. The maximum atomic E-state index is 5.91. The Morgan fingerprint density at radius 1 is 1.47 bits per heavy atom. The second kappa shape index (κ2) is 4.11. The first-order valence-corrected chi connectivity index (χ1v) is 5.36. The minimum absolute atomic E-state index is 0.301. The Morgan fingerprint density at radius 3 is 2.87 bits per heavy atom. The van der Waals surface area contributed by atoms with Crippen molar-refractivity contribution in [3.05, 3.63) is 23.8 Å². The number of methoxy groups -OCH3 is 1. The summed E-state index contributed by atoms with van der Waals surface area (Å²) in [5.41, 5.74) is 8.34. The molecule has 1 fully saturated rings. The fraction of sp³-hybridized carbons (Fsp3) is 0.500. The Hall–Kier alpha value is -1.22. The average Bonchev–Trinajstić information content (AvgIpc) is 2.65. The molecule has 0 aliphatic carbocycles. The van der Waals surface area contributed by atoms with Crippen molar-refractivity contribution in [1.82, 2.24) is 0 Å². The highest BCUT2D eigenvalue weighted by Gasteiger charge is 2.21. The van der Waals surface area contributed by atoms with Crippen LogP contribution in [0.15, 0.2) is 18.2 Å². The molecule has 0 radical (unpaired) electrons. The van der Waals surface area contributed by atoms with Crippen LogP contribution >= 0.6 is 0 Å². The fourth-order valence-electron chi connectivity index (χ4n) is 2.05. The largest absolute Gasteiger partial charge is 0.495 e. The van der Waals surface area contributed by atoms with Crippen LogP contribution in [0.5, 0.6) is 5.75 Å². The summed E-state index contributed by atoms with van der Waals surface area (Å²) >= 11 is 0. The van der Waals surface area contributed by atoms with Crippen LogP contribution in [0, 0.1) is 6.92 Å². The summed E-state index contributed by atoms with van der Waals surface area (Å²) in [5, 5.41) is 0. The molecule has 1 aromatic carbocycles. The van der Waals surface area contributed by atoms with E-state index >= 15 is 0 Å². The molecule has 1 unspecified atom stereocenters. The topological polar surface area (TPSA) is 38.5 Å². The van der Waals surface area contributed by atoms with E-state index in [1.807, 2.05) is 6.07 Å². The van der Waals surface area contributed by atoms with Crippen molar-refractivity contribution in [3.63, 3.8) is 0 Å². The third-order valence-electron chi connectivity index (χ3n) is 2.90. The van der Waals surface area contributed by atoms with Crippen molar-refractivity contribution >= 4 is 5.69 Å². The van der Waals surface area contributed by atoms with E-state index in [1.165, 1.54) is 11.3 Å². The van der Waals surface area contributed by atoms with Crippen molar-refractivity contribution < 1.29 is 4.74 Å². The molecule has 1 saturated heterocycles. The molecule has 1 heterocycles.